The van der Waals surface area contributed by atoms with E-state index < -0.39 is 0 Å². The van der Waals surface area contributed by atoms with Crippen LogP contribution in [0.4, 0.5) is 0 Å². The molecule has 3 heteroatoms. The van der Waals surface area contributed by atoms with Crippen LogP contribution in [0.5, 0.6) is 11.5 Å². The minimum absolute atomic E-state index is 0.0962. The third kappa shape index (κ3) is 3.26. The Morgan fingerprint density at radius 1 is 1.15 bits per heavy atom. The number of nitrogens with two attached hydrogens (primary N) is 1. The topological polar surface area (TPSA) is 44.5 Å². The lowest BCUT2D eigenvalue weighted by Crippen LogP contribution is -2.29. The average molecular weight is 277 g/mol. The van der Waals surface area contributed by atoms with Crippen LogP contribution in [-0.4, -0.2) is 13.2 Å². The molecule has 112 valence electrons. The molecule has 1 saturated carbocycles. The molecule has 0 spiro atoms. The van der Waals surface area contributed by atoms with Crippen LogP contribution >= 0.6 is 0 Å². The zero-order valence-corrected chi connectivity index (χ0v) is 13.1. The van der Waals surface area contributed by atoms with Crippen molar-refractivity contribution in [2.75, 3.05) is 7.11 Å². The van der Waals surface area contributed by atoms with Gasteiger partial charge >= 0.3 is 0 Å². The van der Waals surface area contributed by atoms with Crippen LogP contribution in [0.25, 0.3) is 0 Å². The van der Waals surface area contributed by atoms with E-state index in [1.807, 2.05) is 25.1 Å². The lowest BCUT2D eigenvalue weighted by molar-refractivity contribution is 0.0991. The van der Waals surface area contributed by atoms with E-state index in [9.17, 15) is 0 Å². The van der Waals surface area contributed by atoms with E-state index in [-0.39, 0.29) is 6.04 Å². The smallest absolute Gasteiger partial charge is 0.128 e. The molecule has 1 aliphatic rings. The van der Waals surface area contributed by atoms with E-state index in [1.165, 1.54) is 6.42 Å². The van der Waals surface area contributed by atoms with Crippen molar-refractivity contribution in [2.45, 2.75) is 52.2 Å². The standard InChI is InChI=1S/C17H27NO2/c1-11-8-9-14(10-12(11)2)20-16-7-5-6-15(19-4)17(16)13(3)18/h5-7,11-14H,8-10,18H2,1-4H3. The summed E-state index contributed by atoms with van der Waals surface area (Å²) in [6, 6.07) is 5.82. The molecule has 1 aromatic carbocycles. The van der Waals surface area contributed by atoms with E-state index in [1.54, 1.807) is 7.11 Å². The molecule has 20 heavy (non-hydrogen) atoms. The second kappa shape index (κ2) is 6.49. The molecule has 3 nitrogen and oxygen atoms in total. The second-order valence-corrected chi connectivity index (χ2v) is 6.17. The van der Waals surface area contributed by atoms with Crippen LogP contribution in [0.2, 0.25) is 0 Å². The Kier molecular flexibility index (Phi) is 4.92. The van der Waals surface area contributed by atoms with Gasteiger partial charge in [0.2, 0.25) is 0 Å². The summed E-state index contributed by atoms with van der Waals surface area (Å²) in [5.41, 5.74) is 7.06. The first-order valence-electron chi connectivity index (χ1n) is 7.62. The molecule has 1 aliphatic carbocycles. The van der Waals surface area contributed by atoms with Gasteiger partial charge in [-0.2, -0.15) is 0 Å². The highest BCUT2D eigenvalue weighted by Gasteiger charge is 2.27. The maximum absolute atomic E-state index is 6.25. The van der Waals surface area contributed by atoms with Gasteiger partial charge in [-0.15, -0.1) is 0 Å². The number of hydrogen-bond acceptors (Lipinski definition) is 3. The van der Waals surface area contributed by atoms with Gasteiger partial charge in [0.15, 0.2) is 0 Å². The first-order chi connectivity index (χ1) is 9.52. The van der Waals surface area contributed by atoms with E-state index in [0.717, 1.165) is 41.7 Å². The minimum Gasteiger partial charge on any atom is -0.496 e. The fraction of sp³-hybridized carbons (Fsp3) is 0.647. The highest BCUT2D eigenvalue weighted by Crippen LogP contribution is 2.37. The highest BCUT2D eigenvalue weighted by molar-refractivity contribution is 5.46. The number of rotatable bonds is 4. The monoisotopic (exact) mass is 277 g/mol. The van der Waals surface area contributed by atoms with Crippen molar-refractivity contribution in [1.82, 2.24) is 0 Å². The minimum atomic E-state index is -0.0962. The van der Waals surface area contributed by atoms with E-state index in [0.29, 0.717) is 6.10 Å². The molecule has 2 N–H and O–H groups in total. The van der Waals surface area contributed by atoms with E-state index >= 15 is 0 Å². The van der Waals surface area contributed by atoms with Gasteiger partial charge in [0, 0.05) is 6.04 Å². The van der Waals surface area contributed by atoms with Gasteiger partial charge in [-0.3, -0.25) is 0 Å². The molecule has 2 rings (SSSR count). The summed E-state index contributed by atoms with van der Waals surface area (Å²) in [7, 11) is 1.68. The first-order valence-corrected chi connectivity index (χ1v) is 7.62. The fourth-order valence-corrected chi connectivity index (χ4v) is 3.04. The van der Waals surface area contributed by atoms with Crippen LogP contribution < -0.4 is 15.2 Å². The van der Waals surface area contributed by atoms with Crippen molar-refractivity contribution in [1.29, 1.82) is 0 Å². The Morgan fingerprint density at radius 3 is 2.45 bits per heavy atom. The van der Waals surface area contributed by atoms with Crippen molar-refractivity contribution in [2.24, 2.45) is 17.6 Å². The fourth-order valence-electron chi connectivity index (χ4n) is 3.04. The predicted octanol–water partition coefficient (Wildman–Crippen LogP) is 3.92. The molecule has 0 heterocycles. The summed E-state index contributed by atoms with van der Waals surface area (Å²) in [5.74, 6) is 3.21. The van der Waals surface area contributed by atoms with Crippen molar-refractivity contribution in [3.05, 3.63) is 23.8 Å². The molecule has 4 unspecified atom stereocenters. The predicted molar refractivity (Wildman–Crippen MR) is 82.2 cm³/mol. The van der Waals surface area contributed by atoms with Crippen molar-refractivity contribution >= 4 is 0 Å². The Morgan fingerprint density at radius 2 is 1.85 bits per heavy atom. The maximum Gasteiger partial charge on any atom is 0.128 e. The molecule has 1 aromatic rings. The van der Waals surface area contributed by atoms with Crippen LogP contribution in [0.15, 0.2) is 18.2 Å². The first kappa shape index (κ1) is 15.2. The Bertz CT molecular complexity index is 445. The number of methoxy groups -OCH3 is 1. The third-order valence-electron chi connectivity index (χ3n) is 4.55. The summed E-state index contributed by atoms with van der Waals surface area (Å²) in [6.45, 7) is 6.62. The zero-order valence-electron chi connectivity index (χ0n) is 13.1. The van der Waals surface area contributed by atoms with Crippen LogP contribution in [0, 0.1) is 11.8 Å². The van der Waals surface area contributed by atoms with E-state index in [4.69, 9.17) is 15.2 Å². The largest absolute Gasteiger partial charge is 0.496 e. The Hall–Kier alpha value is -1.22. The molecule has 0 saturated heterocycles. The van der Waals surface area contributed by atoms with Gasteiger partial charge in [-0.25, -0.2) is 0 Å². The molecule has 0 bridgehead atoms. The number of benzene rings is 1. The molecular formula is C17H27NO2. The second-order valence-electron chi connectivity index (χ2n) is 6.17. The maximum atomic E-state index is 6.25. The molecular weight excluding hydrogens is 250 g/mol. The summed E-state index contributed by atoms with van der Waals surface area (Å²) >= 11 is 0. The SMILES string of the molecule is COc1cccc(OC2CCC(C)C(C)C2)c1C(C)N. The van der Waals surface area contributed by atoms with Gasteiger partial charge < -0.3 is 15.2 Å². The summed E-state index contributed by atoms with van der Waals surface area (Å²) < 4.78 is 11.7. The number of ether oxygens (including phenoxy) is 2. The molecule has 0 aliphatic heterocycles. The van der Waals surface area contributed by atoms with Crippen LogP contribution in [0.3, 0.4) is 0 Å². The normalized spacial score (nSPS) is 27.9. The molecule has 0 aromatic heterocycles. The van der Waals surface area contributed by atoms with Crippen molar-refractivity contribution < 1.29 is 9.47 Å². The van der Waals surface area contributed by atoms with Crippen LogP contribution in [-0.2, 0) is 0 Å². The summed E-state index contributed by atoms with van der Waals surface area (Å²) in [5, 5.41) is 0. The average Bonchev–Trinajstić information content (AvgIpc) is 2.42. The highest BCUT2D eigenvalue weighted by atomic mass is 16.5. The quantitative estimate of drug-likeness (QED) is 0.907. The number of hydrogen-bond donors (Lipinski definition) is 1. The van der Waals surface area contributed by atoms with Gasteiger partial charge in [0.1, 0.15) is 11.5 Å². The van der Waals surface area contributed by atoms with Gasteiger partial charge in [-0.1, -0.05) is 19.9 Å². The van der Waals surface area contributed by atoms with Gasteiger partial charge in [-0.05, 0) is 50.2 Å². The van der Waals surface area contributed by atoms with Crippen molar-refractivity contribution in [3.8, 4) is 11.5 Å². The summed E-state index contributed by atoms with van der Waals surface area (Å²) in [4.78, 5) is 0. The lowest BCUT2D eigenvalue weighted by atomic mass is 9.80. The summed E-state index contributed by atoms with van der Waals surface area (Å²) in [6.07, 6.45) is 3.78. The van der Waals surface area contributed by atoms with Crippen molar-refractivity contribution in [3.63, 3.8) is 0 Å². The Labute approximate surface area is 122 Å². The van der Waals surface area contributed by atoms with Crippen LogP contribution in [0.1, 0.15) is 51.6 Å². The molecule has 1 fully saturated rings. The Balaban J connectivity index is 2.17. The van der Waals surface area contributed by atoms with Gasteiger partial charge in [0.25, 0.3) is 0 Å². The third-order valence-corrected chi connectivity index (χ3v) is 4.55. The molecule has 0 amide bonds. The van der Waals surface area contributed by atoms with E-state index in [2.05, 4.69) is 13.8 Å². The molecule has 0 radical (unpaired) electrons. The van der Waals surface area contributed by atoms with Gasteiger partial charge in [0.05, 0.1) is 18.8 Å². The molecule has 4 atom stereocenters. The lowest BCUT2D eigenvalue weighted by Gasteiger charge is -2.33. The zero-order chi connectivity index (χ0) is 14.7.